The number of ether oxygens (including phenoxy) is 1. The van der Waals surface area contributed by atoms with Crippen LogP contribution in [0, 0.1) is 0 Å². The second kappa shape index (κ2) is 9.08. The largest absolute Gasteiger partial charge is 0.385 e. The molecular formula is C23H26BrClN2O. The summed E-state index contributed by atoms with van der Waals surface area (Å²) in [5.41, 5.74) is 7.96. The molecule has 0 radical (unpaired) electrons. The predicted molar refractivity (Wildman–Crippen MR) is 119 cm³/mol. The summed E-state index contributed by atoms with van der Waals surface area (Å²) in [5.74, 6) is 0. The smallest absolute Gasteiger partial charge is 0.0740 e. The fourth-order valence-corrected chi connectivity index (χ4v) is 5.04. The fraction of sp³-hybridized carbons (Fsp3) is 0.435. The molecule has 148 valence electrons. The number of nitrogens with one attached hydrogen (secondary N) is 1. The molecule has 3 nitrogen and oxygen atoms in total. The highest BCUT2D eigenvalue weighted by Crippen LogP contribution is 2.39. The molecule has 1 N–H and O–H groups in total. The standard InChI is InChI=1S/C23H26BrClN2O/c1-28-10-2-3-20-13-16(8-9-26-20)22-21-7-6-19(25)12-15(21)4-5-17-11-18(24)14-27-23(17)22/h6-7,11-12,14,20,26H,2-5,8-10,13H2,1H3/t20-/m0/s1. The Morgan fingerprint density at radius 2 is 2.07 bits per heavy atom. The van der Waals surface area contributed by atoms with Crippen molar-refractivity contribution >= 4 is 33.1 Å². The predicted octanol–water partition coefficient (Wildman–Crippen LogP) is 5.58. The molecule has 0 spiro atoms. The lowest BCUT2D eigenvalue weighted by Gasteiger charge is -2.28. The van der Waals surface area contributed by atoms with Crippen molar-refractivity contribution in [2.45, 2.75) is 44.6 Å². The van der Waals surface area contributed by atoms with Gasteiger partial charge in [0.1, 0.15) is 0 Å². The van der Waals surface area contributed by atoms with E-state index >= 15 is 0 Å². The first-order chi connectivity index (χ1) is 13.7. The molecular weight excluding hydrogens is 436 g/mol. The van der Waals surface area contributed by atoms with E-state index in [1.165, 1.54) is 27.8 Å². The zero-order chi connectivity index (χ0) is 19.5. The molecule has 2 aliphatic rings. The minimum absolute atomic E-state index is 0.504. The minimum atomic E-state index is 0.504. The van der Waals surface area contributed by atoms with E-state index in [0.717, 1.165) is 66.9 Å². The third kappa shape index (κ3) is 4.35. The zero-order valence-electron chi connectivity index (χ0n) is 16.2. The Morgan fingerprint density at radius 3 is 2.93 bits per heavy atom. The number of aryl methyl sites for hydroxylation is 2. The Bertz CT molecular complexity index is 841. The first kappa shape index (κ1) is 20.1. The van der Waals surface area contributed by atoms with Crippen LogP contribution in [-0.2, 0) is 17.6 Å². The second-order valence-corrected chi connectivity index (χ2v) is 9.03. The van der Waals surface area contributed by atoms with Crippen LogP contribution in [0.15, 0.2) is 40.5 Å². The molecule has 28 heavy (non-hydrogen) atoms. The number of pyridine rings is 1. The number of methoxy groups -OCH3 is 1. The lowest BCUT2D eigenvalue weighted by molar-refractivity contribution is 0.188. The number of hydrogen-bond acceptors (Lipinski definition) is 3. The fourth-order valence-electron chi connectivity index (χ4n) is 4.47. The molecule has 2 aromatic rings. The first-order valence-electron chi connectivity index (χ1n) is 10.0. The van der Waals surface area contributed by atoms with Crippen LogP contribution >= 0.6 is 27.5 Å². The maximum Gasteiger partial charge on any atom is 0.0740 e. The van der Waals surface area contributed by atoms with Gasteiger partial charge in [0.05, 0.1) is 5.69 Å². The van der Waals surface area contributed by atoms with Gasteiger partial charge in [-0.05, 0) is 95.9 Å². The van der Waals surface area contributed by atoms with Gasteiger partial charge in [0.25, 0.3) is 0 Å². The molecule has 2 heterocycles. The Kier molecular flexibility index (Phi) is 6.52. The van der Waals surface area contributed by atoms with E-state index in [4.69, 9.17) is 21.3 Å². The van der Waals surface area contributed by atoms with Crippen molar-refractivity contribution in [1.82, 2.24) is 10.3 Å². The van der Waals surface area contributed by atoms with Crippen molar-refractivity contribution < 1.29 is 4.74 Å². The van der Waals surface area contributed by atoms with Gasteiger partial charge in [-0.15, -0.1) is 0 Å². The molecule has 4 rings (SSSR count). The monoisotopic (exact) mass is 460 g/mol. The SMILES string of the molecule is COCCC[C@H]1CC(=C2c3ccc(Cl)cc3CCc3cc(Br)cnc32)CCN1. The normalized spacial score (nSPS) is 21.8. The minimum Gasteiger partial charge on any atom is -0.385 e. The molecule has 0 saturated carbocycles. The quantitative estimate of drug-likeness (QED) is 0.604. The molecule has 1 aromatic carbocycles. The lowest BCUT2D eigenvalue weighted by atomic mass is 9.86. The van der Waals surface area contributed by atoms with Gasteiger partial charge in [-0.25, -0.2) is 0 Å². The van der Waals surface area contributed by atoms with Gasteiger partial charge in [-0.1, -0.05) is 23.2 Å². The van der Waals surface area contributed by atoms with Crippen molar-refractivity contribution in [2.24, 2.45) is 0 Å². The van der Waals surface area contributed by atoms with Gasteiger partial charge in [-0.2, -0.15) is 0 Å². The van der Waals surface area contributed by atoms with Gasteiger partial charge < -0.3 is 10.1 Å². The summed E-state index contributed by atoms with van der Waals surface area (Å²) in [6.07, 6.45) is 8.27. The molecule has 0 bridgehead atoms. The second-order valence-electron chi connectivity index (χ2n) is 7.68. The van der Waals surface area contributed by atoms with E-state index in [2.05, 4.69) is 39.4 Å². The average Bonchev–Trinajstić information content (AvgIpc) is 2.85. The van der Waals surface area contributed by atoms with Crippen molar-refractivity contribution in [3.8, 4) is 0 Å². The van der Waals surface area contributed by atoms with Crippen LogP contribution < -0.4 is 5.32 Å². The number of benzene rings is 1. The lowest BCUT2D eigenvalue weighted by Crippen LogP contribution is -2.35. The first-order valence-corrected chi connectivity index (χ1v) is 11.2. The van der Waals surface area contributed by atoms with Crippen LogP contribution in [0.2, 0.25) is 5.02 Å². The Labute approximate surface area is 180 Å². The number of hydrogen-bond donors (Lipinski definition) is 1. The van der Waals surface area contributed by atoms with E-state index in [1.54, 1.807) is 7.11 Å². The van der Waals surface area contributed by atoms with Gasteiger partial charge in [0, 0.05) is 41.0 Å². The van der Waals surface area contributed by atoms with Crippen LogP contribution in [0.4, 0.5) is 0 Å². The maximum absolute atomic E-state index is 6.33. The Morgan fingerprint density at radius 1 is 1.21 bits per heavy atom. The number of fused-ring (bicyclic) bond motifs is 2. The van der Waals surface area contributed by atoms with E-state index in [-0.39, 0.29) is 0 Å². The summed E-state index contributed by atoms with van der Waals surface area (Å²) >= 11 is 9.93. The highest BCUT2D eigenvalue weighted by molar-refractivity contribution is 9.10. The van der Waals surface area contributed by atoms with Crippen LogP contribution in [0.1, 0.15) is 48.1 Å². The molecule has 1 aliphatic heterocycles. The van der Waals surface area contributed by atoms with E-state index in [0.29, 0.717) is 6.04 Å². The third-order valence-corrected chi connectivity index (χ3v) is 6.45. The summed E-state index contributed by atoms with van der Waals surface area (Å²) in [6.45, 7) is 1.84. The molecule has 1 aromatic heterocycles. The highest BCUT2D eigenvalue weighted by Gasteiger charge is 2.26. The summed E-state index contributed by atoms with van der Waals surface area (Å²) in [4.78, 5) is 4.88. The highest BCUT2D eigenvalue weighted by atomic mass is 79.9. The Hall–Kier alpha value is -1.20. The molecule has 1 saturated heterocycles. The van der Waals surface area contributed by atoms with E-state index in [9.17, 15) is 0 Å². The van der Waals surface area contributed by atoms with E-state index in [1.807, 2.05) is 12.3 Å². The van der Waals surface area contributed by atoms with Crippen molar-refractivity contribution in [3.05, 3.63) is 67.9 Å². The van der Waals surface area contributed by atoms with Gasteiger partial charge in [0.15, 0.2) is 0 Å². The van der Waals surface area contributed by atoms with Crippen LogP contribution in [0.5, 0.6) is 0 Å². The molecule has 1 atom stereocenters. The van der Waals surface area contributed by atoms with Gasteiger partial charge in [-0.3, -0.25) is 4.98 Å². The summed E-state index contributed by atoms with van der Waals surface area (Å²) in [7, 11) is 1.77. The molecule has 1 fully saturated rings. The summed E-state index contributed by atoms with van der Waals surface area (Å²) in [6, 6.07) is 9.08. The van der Waals surface area contributed by atoms with Crippen molar-refractivity contribution in [2.75, 3.05) is 20.3 Å². The molecule has 0 amide bonds. The molecule has 1 aliphatic carbocycles. The van der Waals surface area contributed by atoms with Crippen molar-refractivity contribution in [3.63, 3.8) is 0 Å². The van der Waals surface area contributed by atoms with Crippen LogP contribution in [0.3, 0.4) is 0 Å². The van der Waals surface area contributed by atoms with Gasteiger partial charge in [0.2, 0.25) is 0 Å². The number of rotatable bonds is 4. The number of aromatic nitrogens is 1. The van der Waals surface area contributed by atoms with Gasteiger partial charge >= 0.3 is 0 Å². The van der Waals surface area contributed by atoms with Crippen LogP contribution in [0.25, 0.3) is 5.57 Å². The number of nitrogens with zero attached hydrogens (tertiary/aromatic N) is 1. The zero-order valence-corrected chi connectivity index (χ0v) is 18.6. The van der Waals surface area contributed by atoms with Crippen molar-refractivity contribution in [1.29, 1.82) is 0 Å². The van der Waals surface area contributed by atoms with E-state index < -0.39 is 0 Å². The Balaban J connectivity index is 1.79. The third-order valence-electron chi connectivity index (χ3n) is 5.78. The molecule has 5 heteroatoms. The number of halogens is 2. The van der Waals surface area contributed by atoms with Crippen LogP contribution in [-0.4, -0.2) is 31.3 Å². The summed E-state index contributed by atoms with van der Waals surface area (Å²) < 4.78 is 6.29. The average molecular weight is 462 g/mol. The maximum atomic E-state index is 6.33. The summed E-state index contributed by atoms with van der Waals surface area (Å²) in [5, 5.41) is 4.50. The topological polar surface area (TPSA) is 34.1 Å². The number of piperidine rings is 1. The molecule has 0 unspecified atom stereocenters.